The van der Waals surface area contributed by atoms with Crippen molar-refractivity contribution in [3.05, 3.63) is 57.8 Å². The SMILES string of the molecule is COc1cc(OC)c(C[C@@H]2SC(=O)N(Cc3ccc(F)cc3)C2=O)cc1Br. The molecule has 0 aliphatic carbocycles. The molecule has 5 nitrogen and oxygen atoms in total. The van der Waals surface area contributed by atoms with Gasteiger partial charge in [0.2, 0.25) is 5.91 Å². The maximum atomic E-state index is 13.0. The number of carbonyl (C=O) groups is 2. The van der Waals surface area contributed by atoms with Crippen LogP contribution >= 0.6 is 27.7 Å². The van der Waals surface area contributed by atoms with E-state index in [1.54, 1.807) is 32.4 Å². The molecule has 142 valence electrons. The summed E-state index contributed by atoms with van der Waals surface area (Å²) in [5.41, 5.74) is 1.50. The monoisotopic (exact) mass is 453 g/mol. The minimum absolute atomic E-state index is 0.130. The molecule has 0 bridgehead atoms. The standard InChI is InChI=1S/C19H17BrFNO4S/c1-25-15-9-16(26-2)14(20)7-12(15)8-17-18(23)22(19(24)27-17)10-11-3-5-13(21)6-4-11/h3-7,9,17H,8,10H2,1-2H3/t17-/m0/s1. The minimum Gasteiger partial charge on any atom is -0.496 e. The number of benzene rings is 2. The van der Waals surface area contributed by atoms with E-state index in [0.29, 0.717) is 23.5 Å². The Morgan fingerprint density at radius 2 is 1.78 bits per heavy atom. The molecule has 0 saturated carbocycles. The molecule has 1 aliphatic rings. The van der Waals surface area contributed by atoms with Gasteiger partial charge in [0.1, 0.15) is 17.3 Å². The van der Waals surface area contributed by atoms with E-state index >= 15 is 0 Å². The largest absolute Gasteiger partial charge is 0.496 e. The van der Waals surface area contributed by atoms with Crippen molar-refractivity contribution >= 4 is 38.8 Å². The van der Waals surface area contributed by atoms with Crippen molar-refractivity contribution in [3.63, 3.8) is 0 Å². The molecule has 1 fully saturated rings. The second-order valence-corrected chi connectivity index (χ2v) is 7.93. The highest BCUT2D eigenvalue weighted by Crippen LogP contribution is 2.37. The van der Waals surface area contributed by atoms with Crippen LogP contribution in [0.1, 0.15) is 11.1 Å². The van der Waals surface area contributed by atoms with E-state index in [1.807, 2.05) is 6.07 Å². The molecule has 2 aromatic rings. The molecule has 0 spiro atoms. The van der Waals surface area contributed by atoms with Gasteiger partial charge in [-0.15, -0.1) is 0 Å². The number of hydrogen-bond acceptors (Lipinski definition) is 5. The molecule has 1 saturated heterocycles. The van der Waals surface area contributed by atoms with Crippen LogP contribution in [-0.4, -0.2) is 35.5 Å². The van der Waals surface area contributed by atoms with Gasteiger partial charge in [-0.25, -0.2) is 4.39 Å². The lowest BCUT2D eigenvalue weighted by atomic mass is 10.1. The van der Waals surface area contributed by atoms with Crippen LogP contribution in [0.3, 0.4) is 0 Å². The van der Waals surface area contributed by atoms with Crippen LogP contribution in [0.4, 0.5) is 9.18 Å². The lowest BCUT2D eigenvalue weighted by Crippen LogP contribution is -2.31. The summed E-state index contributed by atoms with van der Waals surface area (Å²) < 4.78 is 24.4. The number of nitrogens with zero attached hydrogens (tertiary/aromatic N) is 1. The van der Waals surface area contributed by atoms with E-state index in [-0.39, 0.29) is 23.5 Å². The minimum atomic E-state index is -0.535. The van der Waals surface area contributed by atoms with Gasteiger partial charge in [0, 0.05) is 6.07 Å². The highest BCUT2D eigenvalue weighted by atomic mass is 79.9. The van der Waals surface area contributed by atoms with Crippen LogP contribution in [-0.2, 0) is 17.8 Å². The Morgan fingerprint density at radius 1 is 1.11 bits per heavy atom. The molecule has 1 atom stereocenters. The van der Waals surface area contributed by atoms with Crippen molar-refractivity contribution in [1.82, 2.24) is 4.90 Å². The van der Waals surface area contributed by atoms with Crippen molar-refractivity contribution in [1.29, 1.82) is 0 Å². The Labute approximate surface area is 169 Å². The van der Waals surface area contributed by atoms with E-state index in [2.05, 4.69) is 15.9 Å². The zero-order chi connectivity index (χ0) is 19.6. The van der Waals surface area contributed by atoms with Gasteiger partial charge < -0.3 is 9.47 Å². The van der Waals surface area contributed by atoms with E-state index in [1.165, 1.54) is 17.0 Å². The molecular formula is C19H17BrFNO4S. The van der Waals surface area contributed by atoms with E-state index in [4.69, 9.17) is 9.47 Å². The fraction of sp³-hybridized carbons (Fsp3) is 0.263. The summed E-state index contributed by atoms with van der Waals surface area (Å²) in [5, 5.41) is -0.840. The lowest BCUT2D eigenvalue weighted by molar-refractivity contribution is -0.127. The van der Waals surface area contributed by atoms with Crippen LogP contribution < -0.4 is 9.47 Å². The van der Waals surface area contributed by atoms with Gasteiger partial charge in [-0.1, -0.05) is 23.9 Å². The maximum absolute atomic E-state index is 13.0. The van der Waals surface area contributed by atoms with Crippen molar-refractivity contribution in [3.8, 4) is 11.5 Å². The summed E-state index contributed by atoms with van der Waals surface area (Å²) in [7, 11) is 3.10. The Kier molecular flexibility index (Phi) is 6.06. The summed E-state index contributed by atoms with van der Waals surface area (Å²) >= 11 is 4.42. The first-order valence-corrected chi connectivity index (χ1v) is 9.77. The first kappa shape index (κ1) is 19.7. The number of ether oxygens (including phenoxy) is 2. The van der Waals surface area contributed by atoms with Crippen LogP contribution in [0.25, 0.3) is 0 Å². The predicted octanol–water partition coefficient (Wildman–Crippen LogP) is 4.41. The van der Waals surface area contributed by atoms with Gasteiger partial charge in [0.05, 0.1) is 30.5 Å². The van der Waals surface area contributed by atoms with Gasteiger partial charge in [0.15, 0.2) is 0 Å². The maximum Gasteiger partial charge on any atom is 0.289 e. The summed E-state index contributed by atoms with van der Waals surface area (Å²) in [5.74, 6) is 0.591. The van der Waals surface area contributed by atoms with E-state index in [0.717, 1.165) is 21.8 Å². The molecule has 0 N–H and O–H groups in total. The summed E-state index contributed by atoms with van der Waals surface area (Å²) in [6.45, 7) is 0.130. The third-order valence-corrected chi connectivity index (χ3v) is 5.91. The van der Waals surface area contributed by atoms with Crippen molar-refractivity contribution in [2.45, 2.75) is 18.2 Å². The molecule has 2 aromatic carbocycles. The van der Waals surface area contributed by atoms with E-state index in [9.17, 15) is 14.0 Å². The molecule has 8 heteroatoms. The molecule has 0 unspecified atom stereocenters. The van der Waals surface area contributed by atoms with Crippen LogP contribution in [0, 0.1) is 5.82 Å². The fourth-order valence-corrected chi connectivity index (χ4v) is 4.39. The summed E-state index contributed by atoms with van der Waals surface area (Å²) in [6.07, 6.45) is 0.348. The van der Waals surface area contributed by atoms with Crippen LogP contribution in [0.5, 0.6) is 11.5 Å². The zero-order valence-corrected chi connectivity index (χ0v) is 17.1. The van der Waals surface area contributed by atoms with Crippen molar-refractivity contribution < 1.29 is 23.5 Å². The number of carbonyl (C=O) groups excluding carboxylic acids is 2. The molecule has 2 amide bonds. The average molecular weight is 454 g/mol. The van der Waals surface area contributed by atoms with Gasteiger partial charge in [-0.2, -0.15) is 0 Å². The van der Waals surface area contributed by atoms with Crippen molar-refractivity contribution in [2.75, 3.05) is 14.2 Å². The number of rotatable bonds is 6. The van der Waals surface area contributed by atoms with Gasteiger partial charge >= 0.3 is 0 Å². The first-order chi connectivity index (χ1) is 12.9. The fourth-order valence-electron chi connectivity index (χ4n) is 2.82. The second kappa shape index (κ2) is 8.31. The molecule has 1 heterocycles. The predicted molar refractivity (Wildman–Crippen MR) is 105 cm³/mol. The number of methoxy groups -OCH3 is 2. The third kappa shape index (κ3) is 4.27. The molecule has 1 aliphatic heterocycles. The number of imide groups is 1. The summed E-state index contributed by atoms with van der Waals surface area (Å²) in [6, 6.07) is 9.32. The van der Waals surface area contributed by atoms with Gasteiger partial charge in [0.25, 0.3) is 5.24 Å². The Balaban J connectivity index is 1.77. The number of amides is 2. The Hall–Kier alpha value is -2.06. The zero-order valence-electron chi connectivity index (χ0n) is 14.7. The van der Waals surface area contributed by atoms with Crippen LogP contribution in [0.2, 0.25) is 0 Å². The van der Waals surface area contributed by atoms with E-state index < -0.39 is 5.25 Å². The lowest BCUT2D eigenvalue weighted by Gasteiger charge is -2.16. The first-order valence-electron chi connectivity index (χ1n) is 8.09. The second-order valence-electron chi connectivity index (χ2n) is 5.93. The average Bonchev–Trinajstić information content (AvgIpc) is 2.91. The molecular weight excluding hydrogens is 437 g/mol. The summed E-state index contributed by atoms with van der Waals surface area (Å²) in [4.78, 5) is 26.2. The van der Waals surface area contributed by atoms with Gasteiger partial charge in [-0.3, -0.25) is 14.5 Å². The molecule has 3 rings (SSSR count). The molecule has 0 aromatic heterocycles. The topological polar surface area (TPSA) is 55.8 Å². The van der Waals surface area contributed by atoms with Crippen LogP contribution in [0.15, 0.2) is 40.9 Å². The smallest absolute Gasteiger partial charge is 0.289 e. The van der Waals surface area contributed by atoms with Crippen molar-refractivity contribution in [2.24, 2.45) is 0 Å². The molecule has 0 radical (unpaired) electrons. The third-order valence-electron chi connectivity index (χ3n) is 4.22. The number of halogens is 2. The van der Waals surface area contributed by atoms with Gasteiger partial charge in [-0.05, 0) is 51.7 Å². The number of hydrogen-bond donors (Lipinski definition) is 0. The highest BCUT2D eigenvalue weighted by Gasteiger charge is 2.39. The molecule has 27 heavy (non-hydrogen) atoms. The highest BCUT2D eigenvalue weighted by molar-refractivity contribution is 9.10. The quantitative estimate of drug-likeness (QED) is 0.647. The normalized spacial score (nSPS) is 16.7. The Bertz CT molecular complexity index is 875. The Morgan fingerprint density at radius 3 is 2.41 bits per heavy atom. The number of thioether (sulfide) groups is 1.